The number of nitrogens with one attached hydrogen (secondary N) is 1. The number of imidazole rings is 1. The lowest BCUT2D eigenvalue weighted by atomic mass is 10.0. The van der Waals surface area contributed by atoms with E-state index in [4.69, 9.17) is 5.73 Å². The smallest absolute Gasteiger partial charge is 0.112 e. The maximum atomic E-state index is 5.52. The first-order valence-electron chi connectivity index (χ1n) is 4.07. The van der Waals surface area contributed by atoms with E-state index in [1.165, 1.54) is 12.8 Å². The minimum atomic E-state index is 0.332. The molecular weight excluding hydrogens is 138 g/mol. The highest BCUT2D eigenvalue weighted by Gasteiger charge is 2.45. The standard InChI is InChI=1S/C8H13N3/c9-4-3-8(1-2-8)7-10-5-6-11-7/h5-6H,1-4,9H2,(H,10,11). The second kappa shape index (κ2) is 2.34. The van der Waals surface area contributed by atoms with Crippen LogP contribution in [0.3, 0.4) is 0 Å². The highest BCUT2D eigenvalue weighted by molar-refractivity contribution is 5.17. The zero-order valence-electron chi connectivity index (χ0n) is 6.51. The molecule has 0 bridgehead atoms. The van der Waals surface area contributed by atoms with Crippen LogP contribution in [0.2, 0.25) is 0 Å². The van der Waals surface area contributed by atoms with Gasteiger partial charge in [0.25, 0.3) is 0 Å². The first kappa shape index (κ1) is 6.85. The molecular formula is C8H13N3. The first-order valence-corrected chi connectivity index (χ1v) is 4.07. The Kier molecular flexibility index (Phi) is 1.46. The quantitative estimate of drug-likeness (QED) is 0.671. The van der Waals surface area contributed by atoms with Crippen LogP contribution >= 0.6 is 0 Å². The van der Waals surface area contributed by atoms with Gasteiger partial charge in [-0.3, -0.25) is 0 Å². The Hall–Kier alpha value is -0.830. The zero-order valence-corrected chi connectivity index (χ0v) is 6.51. The van der Waals surface area contributed by atoms with Crippen LogP contribution in [0.4, 0.5) is 0 Å². The lowest BCUT2D eigenvalue weighted by Gasteiger charge is -2.09. The predicted octanol–water partition coefficient (Wildman–Crippen LogP) is 0.790. The van der Waals surface area contributed by atoms with Crippen molar-refractivity contribution < 1.29 is 0 Å². The van der Waals surface area contributed by atoms with Crippen molar-refractivity contribution in [2.75, 3.05) is 6.54 Å². The molecule has 0 unspecified atom stereocenters. The SMILES string of the molecule is NCCC1(c2ncc[nH]2)CC1. The van der Waals surface area contributed by atoms with Crippen molar-refractivity contribution in [3.63, 3.8) is 0 Å². The zero-order chi connectivity index (χ0) is 7.73. The van der Waals surface area contributed by atoms with Crippen LogP contribution < -0.4 is 5.73 Å². The Balaban J connectivity index is 2.15. The largest absolute Gasteiger partial charge is 0.348 e. The molecule has 1 fully saturated rings. The fourth-order valence-electron chi connectivity index (χ4n) is 1.59. The fraction of sp³-hybridized carbons (Fsp3) is 0.625. The molecule has 1 aliphatic rings. The molecule has 3 nitrogen and oxygen atoms in total. The summed E-state index contributed by atoms with van der Waals surface area (Å²) in [6.45, 7) is 0.765. The molecule has 1 heterocycles. The van der Waals surface area contributed by atoms with E-state index in [-0.39, 0.29) is 0 Å². The molecule has 0 spiro atoms. The van der Waals surface area contributed by atoms with Crippen molar-refractivity contribution in [3.8, 4) is 0 Å². The number of hydrogen-bond donors (Lipinski definition) is 2. The van der Waals surface area contributed by atoms with Crippen LogP contribution in [-0.2, 0) is 5.41 Å². The van der Waals surface area contributed by atoms with Crippen molar-refractivity contribution in [1.82, 2.24) is 9.97 Å². The van der Waals surface area contributed by atoms with E-state index in [9.17, 15) is 0 Å². The van der Waals surface area contributed by atoms with Crippen molar-refractivity contribution in [2.45, 2.75) is 24.7 Å². The third-order valence-corrected chi connectivity index (χ3v) is 2.48. The van der Waals surface area contributed by atoms with Gasteiger partial charge in [0, 0.05) is 17.8 Å². The van der Waals surface area contributed by atoms with Gasteiger partial charge in [-0.25, -0.2) is 4.98 Å². The number of aromatic nitrogens is 2. The van der Waals surface area contributed by atoms with E-state index in [0.717, 1.165) is 18.8 Å². The molecule has 0 saturated heterocycles. The van der Waals surface area contributed by atoms with Crippen molar-refractivity contribution >= 4 is 0 Å². The summed E-state index contributed by atoms with van der Waals surface area (Å²) >= 11 is 0. The van der Waals surface area contributed by atoms with Crippen LogP contribution in [-0.4, -0.2) is 16.5 Å². The Labute approximate surface area is 66.0 Å². The highest BCUT2D eigenvalue weighted by Crippen LogP contribution is 2.48. The van der Waals surface area contributed by atoms with Crippen molar-refractivity contribution in [3.05, 3.63) is 18.2 Å². The van der Waals surface area contributed by atoms with Gasteiger partial charge >= 0.3 is 0 Å². The maximum Gasteiger partial charge on any atom is 0.112 e. The average molecular weight is 151 g/mol. The summed E-state index contributed by atoms with van der Waals surface area (Å²) in [5, 5.41) is 0. The van der Waals surface area contributed by atoms with E-state index in [1.54, 1.807) is 0 Å². The summed E-state index contributed by atoms with van der Waals surface area (Å²) in [6, 6.07) is 0. The molecule has 3 N–H and O–H groups in total. The molecule has 1 aliphatic carbocycles. The molecule has 3 heteroatoms. The minimum Gasteiger partial charge on any atom is -0.348 e. The van der Waals surface area contributed by atoms with E-state index in [0.29, 0.717) is 5.41 Å². The molecule has 11 heavy (non-hydrogen) atoms. The number of rotatable bonds is 3. The second-order valence-corrected chi connectivity index (χ2v) is 3.26. The summed E-state index contributed by atoms with van der Waals surface area (Å²) in [6.07, 6.45) is 7.26. The third-order valence-electron chi connectivity index (χ3n) is 2.48. The number of nitrogens with two attached hydrogens (primary N) is 1. The summed E-state index contributed by atoms with van der Waals surface area (Å²) in [7, 11) is 0. The minimum absolute atomic E-state index is 0.332. The van der Waals surface area contributed by atoms with Gasteiger partial charge in [-0.1, -0.05) is 0 Å². The summed E-state index contributed by atoms with van der Waals surface area (Å²) in [5.41, 5.74) is 5.85. The van der Waals surface area contributed by atoms with Gasteiger partial charge in [0.2, 0.25) is 0 Å². The van der Waals surface area contributed by atoms with Crippen LogP contribution in [0.25, 0.3) is 0 Å². The van der Waals surface area contributed by atoms with E-state index in [1.807, 2.05) is 12.4 Å². The molecule has 1 saturated carbocycles. The van der Waals surface area contributed by atoms with Gasteiger partial charge in [-0.15, -0.1) is 0 Å². The number of hydrogen-bond acceptors (Lipinski definition) is 2. The number of H-pyrrole nitrogens is 1. The van der Waals surface area contributed by atoms with Crippen LogP contribution in [0, 0.1) is 0 Å². The van der Waals surface area contributed by atoms with E-state index < -0.39 is 0 Å². The van der Waals surface area contributed by atoms with Gasteiger partial charge in [-0.2, -0.15) is 0 Å². The van der Waals surface area contributed by atoms with Gasteiger partial charge in [-0.05, 0) is 25.8 Å². The van der Waals surface area contributed by atoms with Gasteiger partial charge in [0.05, 0.1) is 0 Å². The van der Waals surface area contributed by atoms with Gasteiger partial charge in [0.1, 0.15) is 5.82 Å². The van der Waals surface area contributed by atoms with Crippen LogP contribution in [0.5, 0.6) is 0 Å². The van der Waals surface area contributed by atoms with Crippen LogP contribution in [0.1, 0.15) is 25.1 Å². The number of aromatic amines is 1. The van der Waals surface area contributed by atoms with E-state index in [2.05, 4.69) is 9.97 Å². The summed E-state index contributed by atoms with van der Waals surface area (Å²) in [5.74, 6) is 1.13. The number of nitrogens with zero attached hydrogens (tertiary/aromatic N) is 1. The van der Waals surface area contributed by atoms with Crippen molar-refractivity contribution in [2.24, 2.45) is 5.73 Å². The Morgan fingerprint density at radius 2 is 2.45 bits per heavy atom. The Morgan fingerprint density at radius 1 is 1.64 bits per heavy atom. The summed E-state index contributed by atoms with van der Waals surface area (Å²) in [4.78, 5) is 7.42. The lowest BCUT2D eigenvalue weighted by Crippen LogP contribution is -2.14. The normalized spacial score (nSPS) is 20.1. The van der Waals surface area contributed by atoms with Crippen LogP contribution in [0.15, 0.2) is 12.4 Å². The molecule has 0 amide bonds. The molecule has 1 aromatic rings. The molecule has 0 aliphatic heterocycles. The third kappa shape index (κ3) is 1.05. The molecule has 1 aromatic heterocycles. The fourth-order valence-corrected chi connectivity index (χ4v) is 1.59. The average Bonchev–Trinajstić information content (AvgIpc) is 2.63. The summed E-state index contributed by atoms with van der Waals surface area (Å²) < 4.78 is 0. The monoisotopic (exact) mass is 151 g/mol. The van der Waals surface area contributed by atoms with E-state index >= 15 is 0 Å². The molecule has 0 radical (unpaired) electrons. The topological polar surface area (TPSA) is 54.7 Å². The molecule has 60 valence electrons. The first-order chi connectivity index (χ1) is 5.37. The van der Waals surface area contributed by atoms with Crippen molar-refractivity contribution in [1.29, 1.82) is 0 Å². The highest BCUT2D eigenvalue weighted by atomic mass is 14.9. The maximum absolute atomic E-state index is 5.52. The Bertz CT molecular complexity index is 223. The lowest BCUT2D eigenvalue weighted by molar-refractivity contribution is 0.595. The molecule has 0 aromatic carbocycles. The Morgan fingerprint density at radius 3 is 2.91 bits per heavy atom. The van der Waals surface area contributed by atoms with Gasteiger partial charge in [0.15, 0.2) is 0 Å². The molecule has 0 atom stereocenters. The second-order valence-electron chi connectivity index (χ2n) is 3.26. The predicted molar refractivity (Wildman–Crippen MR) is 43.2 cm³/mol. The van der Waals surface area contributed by atoms with Gasteiger partial charge < -0.3 is 10.7 Å². The molecule has 2 rings (SSSR count).